The Balaban J connectivity index is 1.47. The summed E-state index contributed by atoms with van der Waals surface area (Å²) in [5, 5.41) is 2.77. The molecule has 0 atom stereocenters. The molecule has 3 aromatic rings. The molecule has 5 nitrogen and oxygen atoms in total. The van der Waals surface area contributed by atoms with Crippen molar-refractivity contribution in [3.05, 3.63) is 70.7 Å². The standard InChI is InChI=1S/C22H21NO4S/c1-3-20(24)16-8-10-19(11-9-16)26-13-21(25)27-12-18-14-28-22(23-18)17-6-4-15(2)5-7-17/h4-11,14H,3,12-13H2,1-2H3. The van der Waals surface area contributed by atoms with Gasteiger partial charge in [-0.3, -0.25) is 4.79 Å². The van der Waals surface area contributed by atoms with Crippen molar-refractivity contribution in [1.29, 1.82) is 0 Å². The van der Waals surface area contributed by atoms with E-state index in [0.29, 0.717) is 23.4 Å². The maximum Gasteiger partial charge on any atom is 0.344 e. The summed E-state index contributed by atoms with van der Waals surface area (Å²) in [4.78, 5) is 28.0. The number of carbonyl (C=O) groups is 2. The van der Waals surface area contributed by atoms with Crippen molar-refractivity contribution in [3.63, 3.8) is 0 Å². The predicted octanol–water partition coefficient (Wildman–Crippen LogP) is 4.83. The Hall–Kier alpha value is -2.99. The number of ketones is 1. The molecule has 0 unspecified atom stereocenters. The van der Waals surface area contributed by atoms with Gasteiger partial charge in [-0.1, -0.05) is 36.8 Å². The van der Waals surface area contributed by atoms with Crippen LogP contribution in [-0.4, -0.2) is 23.3 Å². The van der Waals surface area contributed by atoms with E-state index < -0.39 is 5.97 Å². The van der Waals surface area contributed by atoms with E-state index in [0.717, 1.165) is 10.6 Å². The van der Waals surface area contributed by atoms with Gasteiger partial charge in [0.1, 0.15) is 17.4 Å². The number of benzene rings is 2. The molecular weight excluding hydrogens is 374 g/mol. The smallest absolute Gasteiger partial charge is 0.344 e. The summed E-state index contributed by atoms with van der Waals surface area (Å²) in [6.45, 7) is 3.76. The highest BCUT2D eigenvalue weighted by atomic mass is 32.1. The number of ether oxygens (including phenoxy) is 2. The molecule has 28 heavy (non-hydrogen) atoms. The van der Waals surface area contributed by atoms with Gasteiger partial charge in [0.2, 0.25) is 0 Å². The quantitative estimate of drug-likeness (QED) is 0.404. The monoisotopic (exact) mass is 395 g/mol. The fraction of sp³-hybridized carbons (Fsp3) is 0.227. The number of aryl methyl sites for hydroxylation is 1. The third-order valence-corrected chi connectivity index (χ3v) is 5.03. The van der Waals surface area contributed by atoms with Crippen LogP contribution in [0.4, 0.5) is 0 Å². The first-order chi connectivity index (χ1) is 13.5. The summed E-state index contributed by atoms with van der Waals surface area (Å²) in [5.41, 5.74) is 3.57. The number of aromatic nitrogens is 1. The second-order valence-corrected chi connectivity index (χ2v) is 7.12. The minimum atomic E-state index is -0.474. The zero-order chi connectivity index (χ0) is 19.9. The van der Waals surface area contributed by atoms with Gasteiger partial charge in [-0.2, -0.15) is 0 Å². The molecule has 0 saturated carbocycles. The van der Waals surface area contributed by atoms with Gasteiger partial charge in [0.05, 0.1) is 5.69 Å². The zero-order valence-corrected chi connectivity index (χ0v) is 16.6. The number of Topliss-reactive ketones (excluding diaryl/α,β-unsaturated/α-hetero) is 1. The molecule has 0 amide bonds. The molecule has 0 N–H and O–H groups in total. The summed E-state index contributed by atoms with van der Waals surface area (Å²) in [7, 11) is 0. The van der Waals surface area contributed by atoms with Crippen molar-refractivity contribution in [3.8, 4) is 16.3 Å². The van der Waals surface area contributed by atoms with E-state index in [2.05, 4.69) is 4.98 Å². The lowest BCUT2D eigenvalue weighted by molar-refractivity contribution is -0.147. The molecule has 0 aliphatic heterocycles. The van der Waals surface area contributed by atoms with Crippen LogP contribution in [-0.2, 0) is 16.1 Å². The van der Waals surface area contributed by atoms with Crippen LogP contribution >= 0.6 is 11.3 Å². The maximum absolute atomic E-state index is 11.9. The molecule has 144 valence electrons. The lowest BCUT2D eigenvalue weighted by Crippen LogP contribution is -2.14. The molecule has 0 fully saturated rings. The van der Waals surface area contributed by atoms with Crippen LogP contribution in [0.2, 0.25) is 0 Å². The molecule has 0 spiro atoms. The van der Waals surface area contributed by atoms with Gasteiger partial charge in [-0.05, 0) is 31.2 Å². The van der Waals surface area contributed by atoms with Gasteiger partial charge in [-0.25, -0.2) is 9.78 Å². The molecule has 6 heteroatoms. The molecule has 1 heterocycles. The number of esters is 1. The lowest BCUT2D eigenvalue weighted by Gasteiger charge is -2.07. The molecule has 0 aliphatic rings. The van der Waals surface area contributed by atoms with Crippen LogP contribution < -0.4 is 4.74 Å². The average Bonchev–Trinajstić information content (AvgIpc) is 3.20. The molecule has 3 rings (SSSR count). The summed E-state index contributed by atoms with van der Waals surface area (Å²) in [5.74, 6) is 0.109. The van der Waals surface area contributed by atoms with Gasteiger partial charge < -0.3 is 9.47 Å². The second-order valence-electron chi connectivity index (χ2n) is 6.26. The first kappa shape index (κ1) is 19.8. The normalized spacial score (nSPS) is 10.5. The fourth-order valence-corrected chi connectivity index (χ4v) is 3.29. The maximum atomic E-state index is 11.9. The molecule has 0 radical (unpaired) electrons. The van der Waals surface area contributed by atoms with E-state index in [4.69, 9.17) is 9.47 Å². The molecule has 1 aromatic heterocycles. The SMILES string of the molecule is CCC(=O)c1ccc(OCC(=O)OCc2csc(-c3ccc(C)cc3)n2)cc1. The van der Waals surface area contributed by atoms with E-state index in [9.17, 15) is 9.59 Å². The van der Waals surface area contributed by atoms with E-state index in [1.54, 1.807) is 24.3 Å². The summed E-state index contributed by atoms with van der Waals surface area (Å²) < 4.78 is 10.6. The molecule has 0 bridgehead atoms. The first-order valence-corrected chi connectivity index (χ1v) is 9.86. The van der Waals surface area contributed by atoms with E-state index in [1.807, 2.05) is 43.5 Å². The zero-order valence-electron chi connectivity index (χ0n) is 15.8. The highest BCUT2D eigenvalue weighted by Crippen LogP contribution is 2.24. The summed E-state index contributed by atoms with van der Waals surface area (Å²) in [6, 6.07) is 14.9. The largest absolute Gasteiger partial charge is 0.482 e. The Morgan fingerprint density at radius 1 is 1.04 bits per heavy atom. The number of hydrogen-bond donors (Lipinski definition) is 0. The highest BCUT2D eigenvalue weighted by Gasteiger charge is 2.09. The van der Waals surface area contributed by atoms with E-state index in [1.165, 1.54) is 16.9 Å². The highest BCUT2D eigenvalue weighted by molar-refractivity contribution is 7.13. The Morgan fingerprint density at radius 3 is 2.43 bits per heavy atom. The minimum Gasteiger partial charge on any atom is -0.482 e. The molecule has 2 aromatic carbocycles. The number of carbonyl (C=O) groups excluding carboxylic acids is 2. The Morgan fingerprint density at radius 2 is 1.75 bits per heavy atom. The average molecular weight is 395 g/mol. The summed E-state index contributed by atoms with van der Waals surface area (Å²) >= 11 is 1.51. The van der Waals surface area contributed by atoms with Crippen LogP contribution in [0, 0.1) is 6.92 Å². The number of thiazole rings is 1. The van der Waals surface area contributed by atoms with Gasteiger partial charge in [-0.15, -0.1) is 11.3 Å². The van der Waals surface area contributed by atoms with Gasteiger partial charge >= 0.3 is 5.97 Å². The van der Waals surface area contributed by atoms with Crippen LogP contribution in [0.1, 0.15) is 35.0 Å². The minimum absolute atomic E-state index is 0.0687. The summed E-state index contributed by atoms with van der Waals surface area (Å²) in [6.07, 6.45) is 0.453. The van der Waals surface area contributed by atoms with Crippen molar-refractivity contribution in [2.24, 2.45) is 0 Å². The molecule has 0 saturated heterocycles. The Bertz CT molecular complexity index is 945. The van der Waals surface area contributed by atoms with Crippen molar-refractivity contribution in [2.45, 2.75) is 26.9 Å². The topological polar surface area (TPSA) is 65.5 Å². The van der Waals surface area contributed by atoms with Gasteiger partial charge in [0, 0.05) is 22.9 Å². The number of rotatable bonds is 8. The van der Waals surface area contributed by atoms with Gasteiger partial charge in [0.15, 0.2) is 12.4 Å². The second kappa shape index (κ2) is 9.28. The third kappa shape index (κ3) is 5.27. The number of hydrogen-bond acceptors (Lipinski definition) is 6. The lowest BCUT2D eigenvalue weighted by atomic mass is 10.1. The fourth-order valence-electron chi connectivity index (χ4n) is 2.48. The first-order valence-electron chi connectivity index (χ1n) is 8.98. The van der Waals surface area contributed by atoms with E-state index >= 15 is 0 Å². The van der Waals surface area contributed by atoms with Crippen molar-refractivity contribution >= 4 is 23.1 Å². The van der Waals surface area contributed by atoms with Gasteiger partial charge in [0.25, 0.3) is 0 Å². The Kier molecular flexibility index (Phi) is 6.55. The van der Waals surface area contributed by atoms with Crippen LogP contribution in [0.5, 0.6) is 5.75 Å². The van der Waals surface area contributed by atoms with Crippen LogP contribution in [0.15, 0.2) is 53.9 Å². The van der Waals surface area contributed by atoms with Crippen molar-refractivity contribution < 1.29 is 19.1 Å². The van der Waals surface area contributed by atoms with Crippen LogP contribution in [0.3, 0.4) is 0 Å². The van der Waals surface area contributed by atoms with Crippen molar-refractivity contribution in [2.75, 3.05) is 6.61 Å². The van der Waals surface area contributed by atoms with Crippen molar-refractivity contribution in [1.82, 2.24) is 4.98 Å². The predicted molar refractivity (Wildman–Crippen MR) is 109 cm³/mol. The third-order valence-electron chi connectivity index (χ3n) is 4.09. The molecule has 0 aliphatic carbocycles. The van der Waals surface area contributed by atoms with E-state index in [-0.39, 0.29) is 19.0 Å². The van der Waals surface area contributed by atoms with Crippen LogP contribution in [0.25, 0.3) is 10.6 Å². The molecular formula is C22H21NO4S. The Labute approximate surface area is 168 Å². The number of nitrogens with zero attached hydrogens (tertiary/aromatic N) is 1.